The van der Waals surface area contributed by atoms with Gasteiger partial charge in [-0.15, -0.1) is 11.3 Å². The number of ether oxygens (including phenoxy) is 4. The number of Topliss-reactive ketones (excluding diaryl/α,β-unsaturated/α-hetero) is 1. The number of rotatable bonds is 27. The summed E-state index contributed by atoms with van der Waals surface area (Å²) in [7, 11) is 0. The summed E-state index contributed by atoms with van der Waals surface area (Å²) < 4.78 is 23.9. The Balaban J connectivity index is 0.667. The van der Waals surface area contributed by atoms with E-state index in [1.165, 1.54) is 18.3 Å². The number of piperazine rings is 1. The SMILES string of the molecule is CC(=O)c1c(C)c2cnc(Nc3ccc(N4CCN(CC(=O)NCCOCCOCCOCCOCCNC(=O)CNc5ccc(C(=O)Nc6ncc(C)s6)c(C)c5)CC4)cn3)nc2n(C2CCCC2)c1=O. The minimum absolute atomic E-state index is 0.00439. The first-order valence-electron chi connectivity index (χ1n) is 24.5. The van der Waals surface area contributed by atoms with Crippen LogP contribution in [0.4, 0.5) is 28.3 Å². The van der Waals surface area contributed by atoms with Crippen molar-refractivity contribution in [3.05, 3.63) is 86.4 Å². The van der Waals surface area contributed by atoms with E-state index in [1.807, 2.05) is 32.0 Å². The predicted molar refractivity (Wildman–Crippen MR) is 276 cm³/mol. The topological polar surface area (TPSA) is 245 Å². The van der Waals surface area contributed by atoms with Gasteiger partial charge in [0.15, 0.2) is 10.9 Å². The highest BCUT2D eigenvalue weighted by Gasteiger charge is 2.26. The third-order valence-electron chi connectivity index (χ3n) is 12.4. The van der Waals surface area contributed by atoms with E-state index in [0.717, 1.165) is 73.7 Å². The summed E-state index contributed by atoms with van der Waals surface area (Å²) in [6.07, 6.45) is 8.99. The van der Waals surface area contributed by atoms with Gasteiger partial charge in [0.1, 0.15) is 11.5 Å². The molecule has 1 aliphatic heterocycles. The molecule has 1 saturated heterocycles. The van der Waals surface area contributed by atoms with Gasteiger partial charge in [-0.25, -0.2) is 15.0 Å². The summed E-state index contributed by atoms with van der Waals surface area (Å²) in [4.78, 5) is 87.0. The number of aryl methyl sites for hydroxylation is 3. The number of benzene rings is 1. The van der Waals surface area contributed by atoms with E-state index in [4.69, 9.17) is 23.9 Å². The number of ketones is 1. The van der Waals surface area contributed by atoms with Crippen molar-refractivity contribution in [2.45, 2.75) is 59.4 Å². The van der Waals surface area contributed by atoms with E-state index in [2.05, 4.69) is 51.3 Å². The predicted octanol–water partition coefficient (Wildman–Crippen LogP) is 4.41. The highest BCUT2D eigenvalue weighted by molar-refractivity contribution is 7.15. The molecule has 22 heteroatoms. The Labute approximate surface area is 422 Å². The van der Waals surface area contributed by atoms with Gasteiger partial charge < -0.3 is 45.1 Å². The van der Waals surface area contributed by atoms with Gasteiger partial charge >= 0.3 is 0 Å². The Morgan fingerprint density at radius 1 is 0.764 bits per heavy atom. The van der Waals surface area contributed by atoms with Gasteiger partial charge in [0, 0.05) is 79.2 Å². The Bertz CT molecular complexity index is 2680. The maximum absolute atomic E-state index is 13.6. The molecule has 2 fully saturated rings. The van der Waals surface area contributed by atoms with Crippen LogP contribution in [-0.4, -0.2) is 158 Å². The van der Waals surface area contributed by atoms with Crippen molar-refractivity contribution in [1.29, 1.82) is 0 Å². The molecular weight excluding hydrogens is 945 g/mol. The standard InChI is InChI=1S/C50H66N12O9S/c1-33-27-37(9-11-40(33)47(66)59-50-56-28-34(2)72-50)53-31-43(64)51-13-19-68-21-23-70-25-26-71-24-22-69-20-14-52-44(65)32-60-15-17-61(18-16-60)39-10-12-42(54-29-39)57-49-55-30-41-35(3)45(36(4)63)48(67)62(46(41)58-49)38-7-5-6-8-38/h9-12,27-30,38,53H,5-8,13-26,31-32H2,1-4H3,(H,51,64)(H,52,65)(H,56,59,66)(H,54,55,57,58). The molecule has 0 bridgehead atoms. The Kier molecular flexibility index (Phi) is 19.9. The third kappa shape index (κ3) is 15.3. The van der Waals surface area contributed by atoms with Gasteiger partial charge in [-0.1, -0.05) is 12.8 Å². The fourth-order valence-corrected chi connectivity index (χ4v) is 9.29. The number of hydrogen-bond donors (Lipinski definition) is 5. The molecule has 5 N–H and O–H groups in total. The van der Waals surface area contributed by atoms with Crippen molar-refractivity contribution in [3.8, 4) is 0 Å². The fraction of sp³-hybridized carbons (Fsp3) is 0.500. The molecule has 3 amide bonds. The zero-order valence-electron chi connectivity index (χ0n) is 41.6. The number of carbonyl (C=O) groups is 4. The monoisotopic (exact) mass is 1010 g/mol. The molecule has 1 aliphatic carbocycles. The number of fused-ring (bicyclic) bond motifs is 1. The summed E-state index contributed by atoms with van der Waals surface area (Å²) in [5, 5.41) is 16.1. The molecule has 2 aliphatic rings. The van der Waals surface area contributed by atoms with Gasteiger partial charge in [-0.05, 0) is 82.0 Å². The first-order chi connectivity index (χ1) is 34.9. The van der Waals surface area contributed by atoms with E-state index in [1.54, 1.807) is 42.2 Å². The lowest BCUT2D eigenvalue weighted by molar-refractivity contribution is -0.122. The number of amides is 3. The van der Waals surface area contributed by atoms with Gasteiger partial charge in [-0.2, -0.15) is 4.98 Å². The van der Waals surface area contributed by atoms with Gasteiger partial charge in [0.05, 0.1) is 83.4 Å². The van der Waals surface area contributed by atoms with E-state index in [0.29, 0.717) is 112 Å². The molecule has 0 atom stereocenters. The van der Waals surface area contributed by atoms with Crippen LogP contribution in [-0.2, 0) is 28.5 Å². The lowest BCUT2D eigenvalue weighted by atomic mass is 10.0. The number of hydrogen-bond acceptors (Lipinski definition) is 18. The second-order valence-corrected chi connectivity index (χ2v) is 18.9. The molecule has 7 rings (SSSR count). The summed E-state index contributed by atoms with van der Waals surface area (Å²) in [6.45, 7) is 14.2. The maximum Gasteiger partial charge on any atom is 0.263 e. The molecule has 21 nitrogen and oxygen atoms in total. The minimum Gasteiger partial charge on any atom is -0.377 e. The highest BCUT2D eigenvalue weighted by atomic mass is 32.1. The molecule has 386 valence electrons. The van der Waals surface area contributed by atoms with Crippen molar-refractivity contribution < 1.29 is 38.1 Å². The molecule has 1 saturated carbocycles. The summed E-state index contributed by atoms with van der Waals surface area (Å²) in [5.74, 6) is 0.173. The highest BCUT2D eigenvalue weighted by Crippen LogP contribution is 2.32. The molecule has 1 aromatic carbocycles. The van der Waals surface area contributed by atoms with Crippen LogP contribution >= 0.6 is 11.3 Å². The van der Waals surface area contributed by atoms with Crippen molar-refractivity contribution in [2.75, 3.05) is 126 Å². The largest absolute Gasteiger partial charge is 0.377 e. The van der Waals surface area contributed by atoms with Crippen LogP contribution in [0.2, 0.25) is 0 Å². The first kappa shape index (κ1) is 53.4. The fourth-order valence-electron chi connectivity index (χ4n) is 8.63. The van der Waals surface area contributed by atoms with Gasteiger partial charge in [-0.3, -0.25) is 38.8 Å². The number of aromatic nitrogens is 5. The minimum atomic E-state index is -0.287. The third-order valence-corrected chi connectivity index (χ3v) is 13.2. The van der Waals surface area contributed by atoms with Crippen molar-refractivity contribution in [3.63, 3.8) is 0 Å². The van der Waals surface area contributed by atoms with Crippen LogP contribution in [0.3, 0.4) is 0 Å². The Morgan fingerprint density at radius 3 is 2.04 bits per heavy atom. The average molecular weight is 1010 g/mol. The second-order valence-electron chi connectivity index (χ2n) is 17.7. The summed E-state index contributed by atoms with van der Waals surface area (Å²) in [5.41, 5.74) is 4.06. The summed E-state index contributed by atoms with van der Waals surface area (Å²) >= 11 is 1.41. The van der Waals surface area contributed by atoms with Crippen molar-refractivity contribution in [1.82, 2.24) is 40.0 Å². The van der Waals surface area contributed by atoms with Crippen LogP contribution in [0.25, 0.3) is 11.0 Å². The van der Waals surface area contributed by atoms with Crippen LogP contribution in [0.5, 0.6) is 0 Å². The molecule has 0 radical (unpaired) electrons. The molecular formula is C50H66N12O9S. The number of carbonyl (C=O) groups excluding carboxylic acids is 4. The number of nitrogens with zero attached hydrogens (tertiary/aromatic N) is 7. The first-order valence-corrected chi connectivity index (χ1v) is 25.3. The van der Waals surface area contributed by atoms with E-state index < -0.39 is 0 Å². The number of thiazole rings is 1. The van der Waals surface area contributed by atoms with Gasteiger partial charge in [0.2, 0.25) is 17.8 Å². The van der Waals surface area contributed by atoms with Crippen LogP contribution in [0, 0.1) is 20.8 Å². The molecule has 5 aromatic rings. The number of pyridine rings is 2. The number of nitrogens with one attached hydrogen (secondary N) is 5. The Hall–Kier alpha value is -6.43. The lowest BCUT2D eigenvalue weighted by Crippen LogP contribution is -2.49. The number of anilines is 5. The lowest BCUT2D eigenvalue weighted by Gasteiger charge is -2.35. The van der Waals surface area contributed by atoms with Crippen LogP contribution < -0.4 is 37.0 Å². The quantitative estimate of drug-likeness (QED) is 0.0361. The van der Waals surface area contributed by atoms with E-state index in [9.17, 15) is 24.0 Å². The van der Waals surface area contributed by atoms with Crippen molar-refractivity contribution >= 4 is 74.1 Å². The van der Waals surface area contributed by atoms with Gasteiger partial charge in [0.25, 0.3) is 11.5 Å². The van der Waals surface area contributed by atoms with Crippen LogP contribution in [0.15, 0.2) is 53.7 Å². The second kappa shape index (κ2) is 26.9. The average Bonchev–Trinajstić information content (AvgIpc) is 4.05. The maximum atomic E-state index is 13.6. The van der Waals surface area contributed by atoms with Crippen LogP contribution in [0.1, 0.15) is 75.4 Å². The zero-order chi connectivity index (χ0) is 50.8. The molecule has 0 unspecified atom stereocenters. The van der Waals surface area contributed by atoms with Crippen molar-refractivity contribution in [2.24, 2.45) is 0 Å². The molecule has 5 heterocycles. The molecule has 4 aromatic heterocycles. The normalized spacial score (nSPS) is 14.1. The Morgan fingerprint density at radius 2 is 1.43 bits per heavy atom. The molecule has 72 heavy (non-hydrogen) atoms. The smallest absolute Gasteiger partial charge is 0.263 e. The van der Waals surface area contributed by atoms with E-state index >= 15 is 0 Å². The van der Waals surface area contributed by atoms with E-state index in [-0.39, 0.29) is 47.2 Å². The molecule has 0 spiro atoms. The zero-order valence-corrected chi connectivity index (χ0v) is 42.4. The summed E-state index contributed by atoms with van der Waals surface area (Å²) in [6, 6.07) is 9.16.